The van der Waals surface area contributed by atoms with Gasteiger partial charge in [0.1, 0.15) is 12.7 Å². The van der Waals surface area contributed by atoms with Crippen molar-refractivity contribution in [1.82, 2.24) is 0 Å². The van der Waals surface area contributed by atoms with E-state index in [1.165, 1.54) is 89.9 Å². The summed E-state index contributed by atoms with van der Waals surface area (Å²) in [6, 6.07) is 0. The van der Waals surface area contributed by atoms with Crippen LogP contribution in [0.1, 0.15) is 181 Å². The van der Waals surface area contributed by atoms with Gasteiger partial charge in [-0.1, -0.05) is 142 Å². The summed E-state index contributed by atoms with van der Waals surface area (Å²) in [6.07, 6.45) is 30.4. The van der Waals surface area contributed by atoms with Crippen molar-refractivity contribution >= 4 is 19.8 Å². The van der Waals surface area contributed by atoms with Gasteiger partial charge in [0, 0.05) is 12.8 Å². The average Bonchev–Trinajstić information content (AvgIpc) is 3.09. The zero-order chi connectivity index (χ0) is 36.3. The van der Waals surface area contributed by atoms with E-state index in [0.29, 0.717) is 12.8 Å². The predicted molar refractivity (Wildman–Crippen MR) is 196 cm³/mol. The smallest absolute Gasteiger partial charge is 0.462 e. The SMILES string of the molecule is CCCCCCCC/C=C/CCCCCCCC(=O)OC[C@H](COP(=O)(O)OC[C@@H](O)CO)OC(=O)CCCCCCCCCCCCC. The number of carbonyl (C=O) groups is 2. The number of aliphatic hydroxyl groups is 2. The maximum Gasteiger partial charge on any atom is 0.472 e. The Bertz CT molecular complexity index is 837. The molecule has 10 nitrogen and oxygen atoms in total. The summed E-state index contributed by atoms with van der Waals surface area (Å²) in [4.78, 5) is 34.8. The fourth-order valence-electron chi connectivity index (χ4n) is 5.34. The lowest BCUT2D eigenvalue weighted by atomic mass is 10.1. The summed E-state index contributed by atoms with van der Waals surface area (Å²) in [5.41, 5.74) is 0. The molecule has 0 heterocycles. The van der Waals surface area contributed by atoms with Crippen LogP contribution in [0.3, 0.4) is 0 Å². The van der Waals surface area contributed by atoms with Crippen molar-refractivity contribution in [3.05, 3.63) is 12.2 Å². The van der Waals surface area contributed by atoms with Crippen LogP contribution in [0.25, 0.3) is 0 Å². The first kappa shape index (κ1) is 47.7. The molecule has 0 saturated heterocycles. The molecule has 0 aliphatic heterocycles. The molecule has 0 fully saturated rings. The van der Waals surface area contributed by atoms with Crippen LogP contribution < -0.4 is 0 Å². The van der Waals surface area contributed by atoms with Gasteiger partial charge in [0.15, 0.2) is 6.10 Å². The van der Waals surface area contributed by atoms with E-state index in [1.54, 1.807) is 0 Å². The molecule has 0 saturated carbocycles. The molecule has 0 aromatic carbocycles. The minimum atomic E-state index is -4.61. The number of aliphatic hydroxyl groups excluding tert-OH is 2. The van der Waals surface area contributed by atoms with Gasteiger partial charge in [0.05, 0.1) is 19.8 Å². The second kappa shape index (κ2) is 35.1. The van der Waals surface area contributed by atoms with E-state index in [0.717, 1.165) is 51.4 Å². The highest BCUT2D eigenvalue weighted by Crippen LogP contribution is 2.43. The Balaban J connectivity index is 4.33. The summed E-state index contributed by atoms with van der Waals surface area (Å²) >= 11 is 0. The maximum atomic E-state index is 12.5. The number of hydrogen-bond acceptors (Lipinski definition) is 9. The zero-order valence-electron chi connectivity index (χ0n) is 31.2. The third kappa shape index (κ3) is 34.9. The van der Waals surface area contributed by atoms with Crippen LogP contribution in [0.5, 0.6) is 0 Å². The summed E-state index contributed by atoms with van der Waals surface area (Å²) < 4.78 is 32.6. The van der Waals surface area contributed by atoms with Crippen LogP contribution in [-0.4, -0.2) is 65.7 Å². The van der Waals surface area contributed by atoms with Gasteiger partial charge in [-0.15, -0.1) is 0 Å². The van der Waals surface area contributed by atoms with Crippen LogP contribution in [0.2, 0.25) is 0 Å². The second-order valence-electron chi connectivity index (χ2n) is 13.3. The molecule has 0 aromatic rings. The molecule has 0 aromatic heterocycles. The highest BCUT2D eigenvalue weighted by molar-refractivity contribution is 7.47. The van der Waals surface area contributed by atoms with E-state index in [-0.39, 0.29) is 19.4 Å². The predicted octanol–water partition coefficient (Wildman–Crippen LogP) is 9.67. The van der Waals surface area contributed by atoms with Crippen molar-refractivity contribution in [2.45, 2.75) is 193 Å². The molecule has 290 valence electrons. The van der Waals surface area contributed by atoms with Gasteiger partial charge < -0.3 is 24.6 Å². The number of esters is 2. The van der Waals surface area contributed by atoms with Crippen LogP contribution in [0.15, 0.2) is 12.2 Å². The third-order valence-electron chi connectivity index (χ3n) is 8.42. The lowest BCUT2D eigenvalue weighted by Crippen LogP contribution is -2.29. The number of allylic oxidation sites excluding steroid dienone is 2. The Hall–Kier alpha value is -1.29. The fraction of sp³-hybridized carbons (Fsp3) is 0.895. The number of phosphoric ester groups is 1. The standard InChI is InChI=1S/C38H73O10P/c1-3-5-7-9-11-13-15-16-17-18-20-21-23-25-27-29-37(41)45-33-36(34-47-49(43,44)46-32-35(40)31-39)48-38(42)30-28-26-24-22-19-14-12-10-8-6-4-2/h16-17,35-36,39-40H,3-15,18-34H2,1-2H3,(H,43,44)/b17-16+/t35-,36+/m0/s1. The highest BCUT2D eigenvalue weighted by atomic mass is 31.2. The Morgan fingerprint density at radius 3 is 1.47 bits per heavy atom. The molecule has 1 unspecified atom stereocenters. The first-order valence-corrected chi connectivity index (χ1v) is 21.1. The molecule has 0 radical (unpaired) electrons. The quantitative estimate of drug-likeness (QED) is 0.0245. The van der Waals surface area contributed by atoms with E-state index in [9.17, 15) is 24.2 Å². The van der Waals surface area contributed by atoms with Crippen molar-refractivity contribution < 1.29 is 47.8 Å². The Morgan fingerprint density at radius 2 is 1.00 bits per heavy atom. The van der Waals surface area contributed by atoms with Crippen LogP contribution in [0.4, 0.5) is 0 Å². The summed E-state index contributed by atoms with van der Waals surface area (Å²) in [6.45, 7) is 2.35. The lowest BCUT2D eigenvalue weighted by molar-refractivity contribution is -0.161. The van der Waals surface area contributed by atoms with Gasteiger partial charge in [-0.25, -0.2) is 4.57 Å². The molecule has 0 spiro atoms. The van der Waals surface area contributed by atoms with Crippen LogP contribution in [-0.2, 0) is 32.7 Å². The molecule has 0 bridgehead atoms. The van der Waals surface area contributed by atoms with Crippen molar-refractivity contribution in [3.8, 4) is 0 Å². The Labute approximate surface area is 298 Å². The number of hydrogen-bond donors (Lipinski definition) is 3. The molecule has 0 rings (SSSR count). The second-order valence-corrected chi connectivity index (χ2v) is 14.8. The molecule has 3 atom stereocenters. The Kier molecular flexibility index (Phi) is 34.2. The third-order valence-corrected chi connectivity index (χ3v) is 9.37. The number of ether oxygens (including phenoxy) is 2. The normalized spacial score (nSPS) is 14.1. The van der Waals surface area contributed by atoms with Gasteiger partial charge in [-0.05, 0) is 38.5 Å². The molecule has 3 N–H and O–H groups in total. The van der Waals surface area contributed by atoms with Gasteiger partial charge in [0.2, 0.25) is 0 Å². The summed E-state index contributed by atoms with van der Waals surface area (Å²) in [7, 11) is -4.61. The number of unbranched alkanes of at least 4 members (excludes halogenated alkanes) is 21. The van der Waals surface area contributed by atoms with Gasteiger partial charge in [-0.3, -0.25) is 18.6 Å². The molecule has 0 amide bonds. The first-order chi connectivity index (χ1) is 23.7. The lowest BCUT2D eigenvalue weighted by Gasteiger charge is -2.20. The molecule has 0 aliphatic rings. The van der Waals surface area contributed by atoms with E-state index >= 15 is 0 Å². The molecular formula is C38H73O10P. The highest BCUT2D eigenvalue weighted by Gasteiger charge is 2.27. The van der Waals surface area contributed by atoms with Crippen molar-refractivity contribution in [2.24, 2.45) is 0 Å². The minimum Gasteiger partial charge on any atom is -0.462 e. The number of phosphoric acid groups is 1. The van der Waals surface area contributed by atoms with Crippen molar-refractivity contribution in [1.29, 1.82) is 0 Å². The number of rotatable bonds is 37. The minimum absolute atomic E-state index is 0.187. The van der Waals surface area contributed by atoms with Crippen LogP contribution >= 0.6 is 7.82 Å². The zero-order valence-corrected chi connectivity index (χ0v) is 32.1. The van der Waals surface area contributed by atoms with Gasteiger partial charge in [0.25, 0.3) is 0 Å². The van der Waals surface area contributed by atoms with E-state index in [2.05, 4.69) is 30.5 Å². The fourth-order valence-corrected chi connectivity index (χ4v) is 6.13. The summed E-state index contributed by atoms with van der Waals surface area (Å²) in [5.74, 6) is -0.930. The molecular weight excluding hydrogens is 647 g/mol. The van der Waals surface area contributed by atoms with Crippen molar-refractivity contribution in [2.75, 3.05) is 26.4 Å². The average molecular weight is 721 g/mol. The number of carbonyl (C=O) groups excluding carboxylic acids is 2. The monoisotopic (exact) mass is 720 g/mol. The van der Waals surface area contributed by atoms with Crippen LogP contribution in [0, 0.1) is 0 Å². The largest absolute Gasteiger partial charge is 0.472 e. The topological polar surface area (TPSA) is 149 Å². The van der Waals surface area contributed by atoms with E-state index < -0.39 is 51.8 Å². The Morgan fingerprint density at radius 1 is 0.592 bits per heavy atom. The summed E-state index contributed by atoms with van der Waals surface area (Å²) in [5, 5.41) is 18.3. The molecule has 11 heteroatoms. The van der Waals surface area contributed by atoms with Gasteiger partial charge >= 0.3 is 19.8 Å². The molecule has 0 aliphatic carbocycles. The van der Waals surface area contributed by atoms with Crippen molar-refractivity contribution in [3.63, 3.8) is 0 Å². The van der Waals surface area contributed by atoms with Gasteiger partial charge in [-0.2, -0.15) is 0 Å². The maximum absolute atomic E-state index is 12.5. The van der Waals surface area contributed by atoms with E-state index in [4.69, 9.17) is 19.1 Å². The first-order valence-electron chi connectivity index (χ1n) is 19.6. The van der Waals surface area contributed by atoms with E-state index in [1.807, 2.05) is 0 Å². The molecule has 49 heavy (non-hydrogen) atoms.